The van der Waals surface area contributed by atoms with Gasteiger partial charge in [-0.25, -0.2) is 0 Å². The zero-order valence-corrected chi connectivity index (χ0v) is 13.8. The molecule has 1 saturated carbocycles. The van der Waals surface area contributed by atoms with E-state index in [1.165, 1.54) is 22.6 Å². The minimum atomic E-state index is 0.609. The van der Waals surface area contributed by atoms with Gasteiger partial charge in [-0.15, -0.1) is 11.3 Å². The first-order valence-corrected chi connectivity index (χ1v) is 8.08. The molecule has 1 unspecified atom stereocenters. The van der Waals surface area contributed by atoms with Crippen LogP contribution in [0.4, 0.5) is 0 Å². The molecule has 1 fully saturated rings. The summed E-state index contributed by atoms with van der Waals surface area (Å²) in [4.78, 5) is 9.32. The molecule has 1 aromatic heterocycles. The van der Waals surface area contributed by atoms with E-state index in [0.29, 0.717) is 6.04 Å². The summed E-state index contributed by atoms with van der Waals surface area (Å²) in [6, 6.07) is 4.94. The lowest BCUT2D eigenvalue weighted by Crippen LogP contribution is -2.45. The van der Waals surface area contributed by atoms with Gasteiger partial charge in [0.2, 0.25) is 0 Å². The number of guanidine groups is 1. The van der Waals surface area contributed by atoms with Gasteiger partial charge in [0.05, 0.1) is 6.54 Å². The Morgan fingerprint density at radius 1 is 1.40 bits per heavy atom. The van der Waals surface area contributed by atoms with Gasteiger partial charge in [0.15, 0.2) is 5.96 Å². The van der Waals surface area contributed by atoms with Gasteiger partial charge in [-0.05, 0) is 51.9 Å². The molecule has 1 heterocycles. The lowest BCUT2D eigenvalue weighted by atomic mass is 10.1. The minimum absolute atomic E-state index is 0.609. The topological polar surface area (TPSA) is 39.7 Å². The molecule has 1 aliphatic carbocycles. The molecule has 20 heavy (non-hydrogen) atoms. The van der Waals surface area contributed by atoms with E-state index < -0.39 is 0 Å². The van der Waals surface area contributed by atoms with Crippen molar-refractivity contribution in [1.82, 2.24) is 15.5 Å². The zero-order valence-electron chi connectivity index (χ0n) is 12.9. The molecule has 0 aliphatic heterocycles. The van der Waals surface area contributed by atoms with Crippen LogP contribution in [0.1, 0.15) is 22.6 Å². The summed E-state index contributed by atoms with van der Waals surface area (Å²) in [7, 11) is 6.15. The normalized spacial score (nSPS) is 17.4. The lowest BCUT2D eigenvalue weighted by Gasteiger charge is -2.25. The summed E-state index contributed by atoms with van der Waals surface area (Å²) in [5, 5.41) is 6.83. The Kier molecular flexibility index (Phi) is 5.43. The summed E-state index contributed by atoms with van der Waals surface area (Å²) in [6.07, 6.45) is 2.73. The monoisotopic (exact) mass is 294 g/mol. The maximum absolute atomic E-state index is 4.30. The lowest BCUT2D eigenvalue weighted by molar-refractivity contribution is 0.264. The molecule has 5 heteroatoms. The van der Waals surface area contributed by atoms with Crippen molar-refractivity contribution in [2.45, 2.75) is 32.4 Å². The molecule has 0 amide bonds. The van der Waals surface area contributed by atoms with E-state index in [1.54, 1.807) is 0 Å². The Labute approximate surface area is 126 Å². The Morgan fingerprint density at radius 3 is 2.65 bits per heavy atom. The molecular formula is C15H26N4S. The van der Waals surface area contributed by atoms with Gasteiger partial charge < -0.3 is 15.5 Å². The van der Waals surface area contributed by atoms with E-state index in [2.05, 4.69) is 53.7 Å². The van der Waals surface area contributed by atoms with Crippen molar-refractivity contribution in [3.05, 3.63) is 21.9 Å². The number of hydrogen-bond acceptors (Lipinski definition) is 3. The standard InChI is InChI=1S/C15H26N4S/c1-11-5-8-13(20-11)9-17-15(16-2)18-10-14(19(3)4)12-6-7-12/h5,8,12,14H,6-7,9-10H2,1-4H3,(H2,16,17,18). The van der Waals surface area contributed by atoms with Crippen molar-refractivity contribution in [3.63, 3.8) is 0 Å². The first-order valence-electron chi connectivity index (χ1n) is 7.26. The third-order valence-electron chi connectivity index (χ3n) is 3.76. The van der Waals surface area contributed by atoms with E-state index in [1.807, 2.05) is 18.4 Å². The minimum Gasteiger partial charge on any atom is -0.355 e. The predicted molar refractivity (Wildman–Crippen MR) is 87.5 cm³/mol. The number of aryl methyl sites for hydroxylation is 1. The fraction of sp³-hybridized carbons (Fsp3) is 0.667. The van der Waals surface area contributed by atoms with E-state index >= 15 is 0 Å². The smallest absolute Gasteiger partial charge is 0.191 e. The van der Waals surface area contributed by atoms with Crippen molar-refractivity contribution in [2.24, 2.45) is 10.9 Å². The van der Waals surface area contributed by atoms with Crippen molar-refractivity contribution < 1.29 is 0 Å². The van der Waals surface area contributed by atoms with Gasteiger partial charge in [0, 0.05) is 29.4 Å². The van der Waals surface area contributed by atoms with Gasteiger partial charge in [-0.2, -0.15) is 0 Å². The highest BCUT2D eigenvalue weighted by Crippen LogP contribution is 2.34. The van der Waals surface area contributed by atoms with Gasteiger partial charge in [0.1, 0.15) is 0 Å². The van der Waals surface area contributed by atoms with Crippen molar-refractivity contribution in [3.8, 4) is 0 Å². The van der Waals surface area contributed by atoms with Crippen LogP contribution < -0.4 is 10.6 Å². The quantitative estimate of drug-likeness (QED) is 0.623. The van der Waals surface area contributed by atoms with Crippen molar-refractivity contribution >= 4 is 17.3 Å². The number of hydrogen-bond donors (Lipinski definition) is 2. The number of nitrogens with one attached hydrogen (secondary N) is 2. The van der Waals surface area contributed by atoms with Crippen LogP contribution in [-0.2, 0) is 6.54 Å². The van der Waals surface area contributed by atoms with Crippen LogP contribution in [0.2, 0.25) is 0 Å². The fourth-order valence-corrected chi connectivity index (χ4v) is 3.25. The number of aliphatic imine (C=N–C) groups is 1. The maximum Gasteiger partial charge on any atom is 0.191 e. The zero-order chi connectivity index (χ0) is 14.5. The van der Waals surface area contributed by atoms with Crippen LogP contribution in [0.25, 0.3) is 0 Å². The summed E-state index contributed by atoms with van der Waals surface area (Å²) >= 11 is 1.83. The highest BCUT2D eigenvalue weighted by molar-refractivity contribution is 7.11. The fourth-order valence-electron chi connectivity index (χ4n) is 2.42. The molecule has 4 nitrogen and oxygen atoms in total. The van der Waals surface area contributed by atoms with Gasteiger partial charge in [-0.3, -0.25) is 4.99 Å². The summed E-state index contributed by atoms with van der Waals surface area (Å²) < 4.78 is 0. The second kappa shape index (κ2) is 7.09. The molecular weight excluding hydrogens is 268 g/mol. The summed E-state index contributed by atoms with van der Waals surface area (Å²) in [6.45, 7) is 3.94. The van der Waals surface area contributed by atoms with Crippen LogP contribution in [-0.4, -0.2) is 44.6 Å². The highest BCUT2D eigenvalue weighted by Gasteiger charge is 2.32. The number of nitrogens with zero attached hydrogens (tertiary/aromatic N) is 2. The van der Waals surface area contributed by atoms with Gasteiger partial charge in [-0.1, -0.05) is 0 Å². The molecule has 0 radical (unpaired) electrons. The predicted octanol–water partition coefficient (Wildman–Crippen LogP) is 2.06. The Hall–Kier alpha value is -1.07. The highest BCUT2D eigenvalue weighted by atomic mass is 32.1. The molecule has 2 rings (SSSR count). The molecule has 0 spiro atoms. The Bertz CT molecular complexity index is 446. The van der Waals surface area contributed by atoms with E-state index in [0.717, 1.165) is 25.0 Å². The van der Waals surface area contributed by atoms with Crippen molar-refractivity contribution in [2.75, 3.05) is 27.7 Å². The molecule has 1 atom stereocenters. The Balaban J connectivity index is 1.77. The number of thiophene rings is 1. The SMILES string of the molecule is CN=C(NCc1ccc(C)s1)NCC(C1CC1)N(C)C. The van der Waals surface area contributed by atoms with Crippen molar-refractivity contribution in [1.29, 1.82) is 0 Å². The second-order valence-electron chi connectivity index (χ2n) is 5.69. The van der Waals surface area contributed by atoms with Crippen LogP contribution >= 0.6 is 11.3 Å². The largest absolute Gasteiger partial charge is 0.355 e. The third kappa shape index (κ3) is 4.49. The van der Waals surface area contributed by atoms with Crippen LogP contribution in [0.15, 0.2) is 17.1 Å². The van der Waals surface area contributed by atoms with Gasteiger partial charge >= 0.3 is 0 Å². The molecule has 1 aliphatic rings. The van der Waals surface area contributed by atoms with Crippen LogP contribution in [0.5, 0.6) is 0 Å². The second-order valence-corrected chi connectivity index (χ2v) is 7.06. The van der Waals surface area contributed by atoms with Gasteiger partial charge in [0.25, 0.3) is 0 Å². The molecule has 1 aromatic rings. The third-order valence-corrected chi connectivity index (χ3v) is 4.76. The Morgan fingerprint density at radius 2 is 2.15 bits per heavy atom. The van der Waals surface area contributed by atoms with Crippen LogP contribution in [0, 0.1) is 12.8 Å². The molecule has 112 valence electrons. The maximum atomic E-state index is 4.30. The average molecular weight is 294 g/mol. The number of likely N-dealkylation sites (N-methyl/N-ethyl adjacent to an activating group) is 1. The first-order chi connectivity index (χ1) is 9.60. The molecule has 0 bridgehead atoms. The summed E-state index contributed by atoms with van der Waals surface area (Å²) in [5.41, 5.74) is 0. The van der Waals surface area contributed by atoms with E-state index in [9.17, 15) is 0 Å². The molecule has 0 saturated heterocycles. The van der Waals surface area contributed by atoms with Crippen LogP contribution in [0.3, 0.4) is 0 Å². The number of rotatable bonds is 6. The molecule has 2 N–H and O–H groups in total. The van der Waals surface area contributed by atoms with E-state index in [-0.39, 0.29) is 0 Å². The van der Waals surface area contributed by atoms with E-state index in [4.69, 9.17) is 0 Å². The molecule has 0 aromatic carbocycles. The first kappa shape index (κ1) is 15.3. The summed E-state index contributed by atoms with van der Waals surface area (Å²) in [5.74, 6) is 1.75. The average Bonchev–Trinajstić information content (AvgIpc) is 3.16.